The van der Waals surface area contributed by atoms with Crippen molar-refractivity contribution in [2.24, 2.45) is 13.0 Å². The molecule has 4 amide bonds. The molecule has 2 aliphatic heterocycles. The lowest BCUT2D eigenvalue weighted by Crippen LogP contribution is -2.49. The van der Waals surface area contributed by atoms with Gasteiger partial charge in [-0.25, -0.2) is 9.18 Å². The highest BCUT2D eigenvalue weighted by atomic mass is 19.1. The van der Waals surface area contributed by atoms with Crippen LogP contribution in [-0.2, 0) is 11.8 Å². The van der Waals surface area contributed by atoms with E-state index >= 15 is 0 Å². The Balaban J connectivity index is 0.820. The molecule has 5 aromatic rings. The largest absolute Gasteiger partial charge is 0.490 e. The fourth-order valence-corrected chi connectivity index (χ4v) is 9.24. The number of hydrogen-bond donors (Lipinski definition) is 3. The van der Waals surface area contributed by atoms with Crippen LogP contribution in [-0.4, -0.2) is 96.5 Å². The van der Waals surface area contributed by atoms with Crippen molar-refractivity contribution < 1.29 is 28.6 Å². The molecule has 5 heterocycles. The number of urea groups is 1. The lowest BCUT2D eigenvalue weighted by Gasteiger charge is -2.39. The molecule has 9 rings (SSSR count). The maximum atomic E-state index is 13.7. The second-order valence-corrected chi connectivity index (χ2v) is 17.0. The maximum Gasteiger partial charge on any atom is 0.329 e. The second kappa shape index (κ2) is 15.5. The maximum absolute atomic E-state index is 13.7. The summed E-state index contributed by atoms with van der Waals surface area (Å²) in [6, 6.07) is 12.0. The van der Waals surface area contributed by atoms with Crippen LogP contribution in [0.25, 0.3) is 21.8 Å². The predicted molar refractivity (Wildman–Crippen MR) is 220 cm³/mol. The summed E-state index contributed by atoms with van der Waals surface area (Å²) in [6.45, 7) is 6.46. The van der Waals surface area contributed by atoms with E-state index in [1.54, 1.807) is 29.1 Å². The number of ether oxygens (including phenoxy) is 1. The van der Waals surface area contributed by atoms with E-state index in [4.69, 9.17) is 9.84 Å². The Morgan fingerprint density at radius 1 is 1.05 bits per heavy atom. The van der Waals surface area contributed by atoms with Crippen LogP contribution >= 0.6 is 0 Å². The number of halogens is 1. The molecule has 16 heteroatoms. The first-order valence-corrected chi connectivity index (χ1v) is 20.7. The molecule has 2 aliphatic carbocycles. The lowest BCUT2D eigenvalue weighted by atomic mass is 9.83. The molecule has 2 saturated heterocycles. The lowest BCUT2D eigenvalue weighted by molar-refractivity contribution is -0.120. The molecule has 3 N–H and O–H groups in total. The van der Waals surface area contributed by atoms with E-state index in [0.717, 1.165) is 72.6 Å². The number of imide groups is 1. The van der Waals surface area contributed by atoms with Gasteiger partial charge in [0.25, 0.3) is 11.5 Å². The third-order valence-electron chi connectivity index (χ3n) is 12.5. The number of β-amino-alcohol motifs (C(OH)–C–C–N with tert-alkyl or cyclic N) is 1. The molecule has 0 radical (unpaired) electrons. The number of likely N-dealkylation sites (tertiary alicyclic amines) is 1. The average Bonchev–Trinajstić information content (AvgIpc) is 3.63. The number of pyridine rings is 1. The first kappa shape index (κ1) is 38.9. The van der Waals surface area contributed by atoms with Crippen LogP contribution in [0, 0.1) is 5.92 Å². The molecule has 0 spiro atoms. The van der Waals surface area contributed by atoms with E-state index < -0.39 is 35.8 Å². The number of carbonyl (C=O) groups is 3. The molecule has 1 unspecified atom stereocenters. The standard InChI is InChI=1S/C43H50FN9O6/c1-24(2)59-38-20-34-27(17-31(38)41(56)45-33-5-4-14-51(42(33)57)36-19-32(36)44)22-53(47-34)28-9-6-25(7-10-28)21-50-15-12-29(37(54)23-50)26-8-11-30-35(18-26)49(3)48-40(30)52-16-13-39(55)46-43(52)58/h4-5,8,11,14,17-18,20,22,24-25,28-29,32,36-37,54H,6-7,9-10,12-13,15-16,19,21,23H2,1-3H3,(H,45,56)(H,46,55,58)/t25?,28?,29-,32-,36?,37-/m1/s1. The van der Waals surface area contributed by atoms with Gasteiger partial charge in [0.15, 0.2) is 5.82 Å². The highest BCUT2D eigenvalue weighted by molar-refractivity contribution is 6.09. The van der Waals surface area contributed by atoms with Crippen molar-refractivity contribution >= 4 is 51.2 Å². The molecule has 4 atom stereocenters. The Morgan fingerprint density at radius 3 is 2.58 bits per heavy atom. The average molecular weight is 808 g/mol. The van der Waals surface area contributed by atoms with Crippen LogP contribution in [0.5, 0.6) is 5.75 Å². The van der Waals surface area contributed by atoms with Gasteiger partial charge in [0.05, 0.1) is 40.9 Å². The van der Waals surface area contributed by atoms with Crippen molar-refractivity contribution in [3.05, 3.63) is 76.3 Å². The fraction of sp³-hybridized carbons (Fsp3) is 0.488. The van der Waals surface area contributed by atoms with E-state index in [-0.39, 0.29) is 42.6 Å². The van der Waals surface area contributed by atoms with Gasteiger partial charge >= 0.3 is 6.03 Å². The summed E-state index contributed by atoms with van der Waals surface area (Å²) in [5.74, 6) is 0.621. The number of nitrogens with zero attached hydrogens (tertiary/aromatic N) is 7. The second-order valence-electron chi connectivity index (χ2n) is 17.0. The Labute approximate surface area is 340 Å². The highest BCUT2D eigenvalue weighted by Gasteiger charge is 2.40. The van der Waals surface area contributed by atoms with Crippen molar-refractivity contribution in [1.29, 1.82) is 0 Å². The summed E-state index contributed by atoms with van der Waals surface area (Å²) < 4.78 is 24.9. The minimum atomic E-state index is -1.05. The van der Waals surface area contributed by atoms with Crippen LogP contribution in [0.1, 0.15) is 92.7 Å². The number of alkyl halides is 1. The molecular formula is C43H50FN9O6. The van der Waals surface area contributed by atoms with Crippen LogP contribution in [0.4, 0.5) is 20.7 Å². The summed E-state index contributed by atoms with van der Waals surface area (Å²) in [5.41, 5.74) is 2.58. The van der Waals surface area contributed by atoms with Gasteiger partial charge in [-0.2, -0.15) is 10.2 Å². The zero-order valence-corrected chi connectivity index (χ0v) is 33.5. The topological polar surface area (TPSA) is 169 Å². The summed E-state index contributed by atoms with van der Waals surface area (Å²) >= 11 is 0. The van der Waals surface area contributed by atoms with E-state index in [0.29, 0.717) is 36.0 Å². The number of piperidine rings is 1. The summed E-state index contributed by atoms with van der Waals surface area (Å²) in [4.78, 5) is 54.8. The molecule has 310 valence electrons. The number of rotatable bonds is 10. The van der Waals surface area contributed by atoms with E-state index in [1.807, 2.05) is 43.9 Å². The monoisotopic (exact) mass is 807 g/mol. The van der Waals surface area contributed by atoms with E-state index in [2.05, 4.69) is 26.7 Å². The van der Waals surface area contributed by atoms with Crippen molar-refractivity contribution in [1.82, 2.24) is 34.3 Å². The number of benzene rings is 2. The van der Waals surface area contributed by atoms with Crippen LogP contribution in [0.15, 0.2) is 59.7 Å². The molecule has 4 aliphatic rings. The van der Waals surface area contributed by atoms with Gasteiger partial charge in [-0.1, -0.05) is 6.07 Å². The number of fused-ring (bicyclic) bond motifs is 2. The van der Waals surface area contributed by atoms with Crippen molar-refractivity contribution in [2.75, 3.05) is 36.4 Å². The van der Waals surface area contributed by atoms with Crippen LogP contribution in [0.2, 0.25) is 0 Å². The highest BCUT2D eigenvalue weighted by Crippen LogP contribution is 2.39. The minimum absolute atomic E-state index is 0.0140. The Hall–Kier alpha value is -5.61. The number of anilines is 2. The number of carbonyl (C=O) groups excluding carboxylic acids is 3. The SMILES string of the molecule is CC(C)Oc1cc2nn(C3CCC(CN4CC[C@H](c5ccc6c(N7CCC(=O)NC7=O)nn(C)c6c5)[C@H](O)C4)CC3)cc2cc1C(=O)Nc1cccn(C2C[C@H]2F)c1=O. The summed E-state index contributed by atoms with van der Waals surface area (Å²) in [5, 5.41) is 27.7. The van der Waals surface area contributed by atoms with Gasteiger partial charge in [0.1, 0.15) is 17.6 Å². The first-order valence-electron chi connectivity index (χ1n) is 20.7. The summed E-state index contributed by atoms with van der Waals surface area (Å²) in [7, 11) is 1.84. The third kappa shape index (κ3) is 7.71. The molecule has 2 aromatic carbocycles. The van der Waals surface area contributed by atoms with Gasteiger partial charge in [0, 0.05) is 74.7 Å². The molecule has 0 bridgehead atoms. The number of amides is 4. The zero-order chi connectivity index (χ0) is 41.1. The number of aliphatic hydroxyl groups excluding tert-OH is 1. The Morgan fingerprint density at radius 2 is 1.85 bits per heavy atom. The third-order valence-corrected chi connectivity index (χ3v) is 12.5. The molecule has 15 nitrogen and oxygen atoms in total. The zero-order valence-electron chi connectivity index (χ0n) is 33.5. The molecule has 4 fully saturated rings. The number of aromatic nitrogens is 5. The Kier molecular flexibility index (Phi) is 10.2. The molecule has 3 aromatic heterocycles. The van der Waals surface area contributed by atoms with Gasteiger partial charge < -0.3 is 24.6 Å². The predicted octanol–water partition coefficient (Wildman–Crippen LogP) is 5.44. The van der Waals surface area contributed by atoms with Crippen molar-refractivity contribution in [3.8, 4) is 5.75 Å². The minimum Gasteiger partial charge on any atom is -0.490 e. The van der Waals surface area contributed by atoms with Gasteiger partial charge in [-0.3, -0.25) is 34.0 Å². The van der Waals surface area contributed by atoms with Gasteiger partial charge in [-0.15, -0.1) is 0 Å². The quantitative estimate of drug-likeness (QED) is 0.167. The number of aryl methyl sites for hydroxylation is 1. The van der Waals surface area contributed by atoms with Crippen LogP contribution in [0.3, 0.4) is 0 Å². The smallest absolute Gasteiger partial charge is 0.329 e. The molecule has 59 heavy (non-hydrogen) atoms. The Bertz CT molecular complexity index is 2500. The normalized spacial score (nSPS) is 25.2. The first-order chi connectivity index (χ1) is 28.4. The fourth-order valence-electron chi connectivity index (χ4n) is 9.24. The van der Waals surface area contributed by atoms with E-state index in [9.17, 15) is 28.7 Å². The number of nitrogens with one attached hydrogen (secondary N) is 2. The molecule has 2 saturated carbocycles. The van der Waals surface area contributed by atoms with E-state index in [1.165, 1.54) is 15.5 Å². The van der Waals surface area contributed by atoms with Crippen molar-refractivity contribution in [2.45, 2.75) is 95.2 Å². The number of aliphatic hydroxyl groups is 1. The van der Waals surface area contributed by atoms with Crippen molar-refractivity contribution in [3.63, 3.8) is 0 Å². The van der Waals surface area contributed by atoms with Crippen LogP contribution < -0.4 is 25.8 Å². The molecular weight excluding hydrogens is 758 g/mol. The van der Waals surface area contributed by atoms with Gasteiger partial charge in [-0.05, 0) is 94.3 Å². The summed E-state index contributed by atoms with van der Waals surface area (Å²) in [6.07, 6.45) is 7.10. The number of hydrogen-bond acceptors (Lipinski definition) is 9. The van der Waals surface area contributed by atoms with Gasteiger partial charge in [0.2, 0.25) is 5.91 Å².